The molecule has 0 saturated heterocycles. The third kappa shape index (κ3) is 4.14. The molecule has 0 radical (unpaired) electrons. The number of para-hydroxylation sites is 2. The predicted octanol–water partition coefficient (Wildman–Crippen LogP) is 6.05. The van der Waals surface area contributed by atoms with Gasteiger partial charge in [-0.1, -0.05) is 24.3 Å². The maximum atomic E-state index is 13.8. The van der Waals surface area contributed by atoms with Gasteiger partial charge in [0.1, 0.15) is 5.76 Å². The number of hydrogen-bond donors (Lipinski definition) is 1. The first-order chi connectivity index (χ1) is 17.0. The van der Waals surface area contributed by atoms with E-state index in [4.69, 9.17) is 4.42 Å². The highest BCUT2D eigenvalue weighted by molar-refractivity contribution is 6.05. The van der Waals surface area contributed by atoms with Crippen LogP contribution in [-0.4, -0.2) is 24.8 Å². The van der Waals surface area contributed by atoms with Crippen LogP contribution in [0.15, 0.2) is 82.6 Å². The van der Waals surface area contributed by atoms with Crippen LogP contribution in [0.4, 0.5) is 17.1 Å². The van der Waals surface area contributed by atoms with Crippen molar-refractivity contribution >= 4 is 28.8 Å². The van der Waals surface area contributed by atoms with Crippen molar-refractivity contribution in [3.8, 4) is 0 Å². The van der Waals surface area contributed by atoms with E-state index in [1.807, 2.05) is 36.4 Å². The maximum Gasteiger partial charge on any atom is 0.224 e. The molecule has 0 bridgehead atoms. The largest absolute Gasteiger partial charge is 0.469 e. The Morgan fingerprint density at radius 2 is 1.77 bits per heavy atom. The number of benzene rings is 2. The van der Waals surface area contributed by atoms with Gasteiger partial charge in [-0.15, -0.1) is 0 Å². The van der Waals surface area contributed by atoms with Crippen LogP contribution in [0.1, 0.15) is 56.9 Å². The number of allylic oxidation sites excluding steroid dienone is 1. The lowest BCUT2D eigenvalue weighted by atomic mass is 9.80. The Bertz CT molecular complexity index is 1260. The van der Waals surface area contributed by atoms with Gasteiger partial charge < -0.3 is 14.6 Å². The number of nitrogens with one attached hydrogen (secondary N) is 1. The first-order valence-electron chi connectivity index (χ1n) is 12.3. The molecule has 1 aromatic heterocycles. The molecular formula is C29H31N3O3. The molecule has 2 aromatic carbocycles. The van der Waals surface area contributed by atoms with E-state index >= 15 is 0 Å². The minimum absolute atomic E-state index is 0.0366. The van der Waals surface area contributed by atoms with Crippen LogP contribution in [0.25, 0.3) is 0 Å². The molecule has 5 rings (SSSR count). The van der Waals surface area contributed by atoms with E-state index < -0.39 is 6.04 Å². The number of fused-ring (bicyclic) bond motifs is 1. The van der Waals surface area contributed by atoms with E-state index in [1.54, 1.807) is 18.1 Å². The molecule has 0 saturated carbocycles. The molecule has 2 atom stereocenters. The van der Waals surface area contributed by atoms with Gasteiger partial charge >= 0.3 is 0 Å². The monoisotopic (exact) mass is 469 g/mol. The molecule has 2 heterocycles. The second-order valence-corrected chi connectivity index (χ2v) is 9.13. The smallest absolute Gasteiger partial charge is 0.224 e. The summed E-state index contributed by atoms with van der Waals surface area (Å²) in [6, 6.07) is 19.3. The number of rotatable bonds is 5. The van der Waals surface area contributed by atoms with Gasteiger partial charge in [0.25, 0.3) is 0 Å². The minimum atomic E-state index is -0.505. The van der Waals surface area contributed by atoms with E-state index in [0.717, 1.165) is 47.2 Å². The number of carbonyl (C=O) groups excluding carboxylic acids is 2. The summed E-state index contributed by atoms with van der Waals surface area (Å²) in [4.78, 5) is 31.0. The second kappa shape index (κ2) is 9.45. The summed E-state index contributed by atoms with van der Waals surface area (Å²) in [5.74, 6) is 0.710. The van der Waals surface area contributed by atoms with E-state index in [0.29, 0.717) is 18.4 Å². The molecule has 180 valence electrons. The van der Waals surface area contributed by atoms with E-state index in [1.165, 1.54) is 0 Å². The summed E-state index contributed by atoms with van der Waals surface area (Å²) in [6.07, 6.45) is 2.64. The fourth-order valence-electron chi connectivity index (χ4n) is 5.43. The van der Waals surface area contributed by atoms with E-state index in [-0.39, 0.29) is 17.6 Å². The van der Waals surface area contributed by atoms with Crippen LogP contribution >= 0.6 is 0 Å². The van der Waals surface area contributed by atoms with Crippen molar-refractivity contribution in [2.75, 3.05) is 28.2 Å². The lowest BCUT2D eigenvalue weighted by Gasteiger charge is -2.34. The van der Waals surface area contributed by atoms with Crippen molar-refractivity contribution in [1.29, 1.82) is 0 Å². The highest BCUT2D eigenvalue weighted by atomic mass is 16.3. The summed E-state index contributed by atoms with van der Waals surface area (Å²) in [5, 5.41) is 3.53. The zero-order chi connectivity index (χ0) is 24.5. The Balaban J connectivity index is 1.66. The first kappa shape index (κ1) is 23.0. The average molecular weight is 470 g/mol. The van der Waals surface area contributed by atoms with Crippen molar-refractivity contribution < 1.29 is 14.0 Å². The third-order valence-electron chi connectivity index (χ3n) is 7.11. The molecule has 6 heteroatoms. The summed E-state index contributed by atoms with van der Waals surface area (Å²) < 4.78 is 5.66. The molecule has 3 aromatic rings. The van der Waals surface area contributed by atoms with Crippen LogP contribution in [0.2, 0.25) is 0 Å². The molecule has 6 nitrogen and oxygen atoms in total. The van der Waals surface area contributed by atoms with Crippen molar-refractivity contribution in [2.45, 2.75) is 45.6 Å². The molecule has 1 aliphatic heterocycles. The molecular weight excluding hydrogens is 438 g/mol. The average Bonchev–Trinajstić information content (AvgIpc) is 3.35. The molecule has 2 aliphatic rings. The third-order valence-corrected chi connectivity index (χ3v) is 7.11. The Hall–Kier alpha value is -3.80. The number of hydrogen-bond acceptors (Lipinski definition) is 5. The summed E-state index contributed by atoms with van der Waals surface area (Å²) in [7, 11) is 0. The summed E-state index contributed by atoms with van der Waals surface area (Å²) >= 11 is 0. The van der Waals surface area contributed by atoms with Gasteiger partial charge in [-0.25, -0.2) is 0 Å². The SMILES string of the molecule is CCN(CC)c1ccc([C@H]2C3=C(C[C@@H](c4ccco4)CC3=O)Nc3ccccc3N2C(C)=O)cc1. The second-order valence-electron chi connectivity index (χ2n) is 9.13. The Labute approximate surface area is 206 Å². The molecule has 1 amide bonds. The van der Waals surface area contributed by atoms with Crippen LogP contribution in [0.3, 0.4) is 0 Å². The van der Waals surface area contributed by atoms with Crippen LogP contribution in [-0.2, 0) is 9.59 Å². The molecule has 0 unspecified atom stereocenters. The first-order valence-corrected chi connectivity index (χ1v) is 12.3. The summed E-state index contributed by atoms with van der Waals surface area (Å²) in [5.41, 5.74) is 5.17. The van der Waals surface area contributed by atoms with Crippen LogP contribution in [0, 0.1) is 0 Å². The van der Waals surface area contributed by atoms with E-state index in [9.17, 15) is 9.59 Å². The van der Waals surface area contributed by atoms with Crippen molar-refractivity contribution in [2.24, 2.45) is 0 Å². The van der Waals surface area contributed by atoms with Gasteiger partial charge in [0.2, 0.25) is 5.91 Å². The quantitative estimate of drug-likeness (QED) is 0.493. The molecule has 35 heavy (non-hydrogen) atoms. The van der Waals surface area contributed by atoms with Gasteiger partial charge in [0.15, 0.2) is 5.78 Å². The molecule has 0 fully saturated rings. The van der Waals surface area contributed by atoms with Crippen molar-refractivity contribution in [1.82, 2.24) is 0 Å². The standard InChI is InChI=1S/C29H31N3O3/c1-4-31(5-2)22-14-12-20(13-15-22)29-28-24(17-21(18-26(28)34)27-11-8-16-35-27)30-23-9-6-7-10-25(23)32(29)19(3)33/h6-16,21,29-30H,4-5,17-18H2,1-3H3/t21-,29+/m1/s1. The minimum Gasteiger partial charge on any atom is -0.469 e. The van der Waals surface area contributed by atoms with Gasteiger partial charge in [0.05, 0.1) is 23.7 Å². The van der Waals surface area contributed by atoms with E-state index in [2.05, 4.69) is 48.3 Å². The van der Waals surface area contributed by atoms with Crippen molar-refractivity contribution in [3.63, 3.8) is 0 Å². The maximum absolute atomic E-state index is 13.8. The Kier molecular flexibility index (Phi) is 6.20. The Morgan fingerprint density at radius 1 is 1.03 bits per heavy atom. The Morgan fingerprint density at radius 3 is 2.43 bits per heavy atom. The molecule has 0 spiro atoms. The number of furan rings is 1. The number of nitrogens with zero attached hydrogens (tertiary/aromatic N) is 2. The number of carbonyl (C=O) groups is 2. The van der Waals surface area contributed by atoms with Crippen LogP contribution < -0.4 is 15.1 Å². The van der Waals surface area contributed by atoms with Gasteiger partial charge in [0, 0.05) is 49.3 Å². The lowest BCUT2D eigenvalue weighted by molar-refractivity contribution is -0.117. The fourth-order valence-corrected chi connectivity index (χ4v) is 5.43. The fraction of sp³-hybridized carbons (Fsp3) is 0.310. The summed E-state index contributed by atoms with van der Waals surface area (Å²) in [6.45, 7) is 7.67. The molecule has 1 N–H and O–H groups in total. The number of Topliss-reactive ketones (excluding diaryl/α,β-unsaturated/α-hetero) is 1. The van der Waals surface area contributed by atoms with Gasteiger partial charge in [-0.3, -0.25) is 14.5 Å². The zero-order valence-corrected chi connectivity index (χ0v) is 20.5. The number of ketones is 1. The highest BCUT2D eigenvalue weighted by Gasteiger charge is 2.41. The number of anilines is 3. The molecule has 1 aliphatic carbocycles. The highest BCUT2D eigenvalue weighted by Crippen LogP contribution is 2.47. The zero-order valence-electron chi connectivity index (χ0n) is 20.5. The topological polar surface area (TPSA) is 65.8 Å². The number of amides is 1. The predicted molar refractivity (Wildman–Crippen MR) is 139 cm³/mol. The van der Waals surface area contributed by atoms with Crippen LogP contribution in [0.5, 0.6) is 0 Å². The van der Waals surface area contributed by atoms with Gasteiger partial charge in [-0.05, 0) is 62.2 Å². The lowest BCUT2D eigenvalue weighted by Crippen LogP contribution is -2.37. The normalized spacial score (nSPS) is 19.5. The van der Waals surface area contributed by atoms with Gasteiger partial charge in [-0.2, -0.15) is 0 Å². The van der Waals surface area contributed by atoms with Crippen molar-refractivity contribution in [3.05, 3.63) is 89.5 Å².